The van der Waals surface area contributed by atoms with Crippen LogP contribution in [0.25, 0.3) is 11.4 Å². The third-order valence-corrected chi connectivity index (χ3v) is 4.55. The zero-order valence-electron chi connectivity index (χ0n) is 11.8. The maximum atomic E-state index is 4.79. The third-order valence-electron chi connectivity index (χ3n) is 3.90. The Labute approximate surface area is 128 Å². The zero-order chi connectivity index (χ0) is 14.1. The molecule has 2 aromatic rings. The van der Waals surface area contributed by atoms with Gasteiger partial charge in [-0.05, 0) is 50.9 Å². The second kappa shape index (κ2) is 5.62. The Morgan fingerprint density at radius 2 is 2.20 bits per heavy atom. The van der Waals surface area contributed by atoms with E-state index in [-0.39, 0.29) is 0 Å². The normalized spacial score (nSPS) is 17.9. The van der Waals surface area contributed by atoms with Crippen LogP contribution in [0.4, 0.5) is 0 Å². The molecule has 1 heterocycles. The fourth-order valence-corrected chi connectivity index (χ4v) is 3.45. The van der Waals surface area contributed by atoms with Gasteiger partial charge in [0.15, 0.2) is 5.82 Å². The van der Waals surface area contributed by atoms with Crippen molar-refractivity contribution in [3.8, 4) is 11.4 Å². The number of aryl methyl sites for hydroxylation is 2. The second-order valence-corrected chi connectivity index (χ2v) is 6.17. The lowest BCUT2D eigenvalue weighted by Gasteiger charge is -2.24. The van der Waals surface area contributed by atoms with Gasteiger partial charge in [-0.2, -0.15) is 0 Å². The Balaban J connectivity index is 2.04. The first kappa shape index (κ1) is 13.7. The molecule has 3 nitrogen and oxygen atoms in total. The van der Waals surface area contributed by atoms with Crippen molar-refractivity contribution in [3.05, 3.63) is 45.7 Å². The lowest BCUT2D eigenvalue weighted by atomic mass is 9.92. The average molecular weight is 332 g/mol. The maximum Gasteiger partial charge on any atom is 0.160 e. The Kier molecular flexibility index (Phi) is 3.85. The predicted molar refractivity (Wildman–Crippen MR) is 84.6 cm³/mol. The molecule has 4 heteroatoms. The summed E-state index contributed by atoms with van der Waals surface area (Å²) in [7, 11) is 2.00. The van der Waals surface area contributed by atoms with Gasteiger partial charge in [-0.3, -0.25) is 0 Å². The predicted octanol–water partition coefficient (Wildman–Crippen LogP) is 3.81. The molecule has 0 saturated carbocycles. The van der Waals surface area contributed by atoms with Crippen LogP contribution in [-0.2, 0) is 6.42 Å². The van der Waals surface area contributed by atoms with E-state index in [2.05, 4.69) is 51.4 Å². The highest BCUT2D eigenvalue weighted by Crippen LogP contribution is 2.31. The Morgan fingerprint density at radius 1 is 1.35 bits per heavy atom. The molecule has 1 aromatic carbocycles. The van der Waals surface area contributed by atoms with E-state index in [0.717, 1.165) is 22.3 Å². The number of rotatable bonds is 2. The number of benzene rings is 1. The smallest absolute Gasteiger partial charge is 0.160 e. The molecule has 3 rings (SSSR count). The van der Waals surface area contributed by atoms with Crippen LogP contribution in [0.5, 0.6) is 0 Å². The van der Waals surface area contributed by atoms with Gasteiger partial charge < -0.3 is 5.32 Å². The van der Waals surface area contributed by atoms with Crippen molar-refractivity contribution in [2.45, 2.75) is 32.2 Å². The number of nitrogens with zero attached hydrogens (tertiary/aromatic N) is 2. The van der Waals surface area contributed by atoms with Crippen molar-refractivity contribution in [1.82, 2.24) is 15.3 Å². The van der Waals surface area contributed by atoms with Gasteiger partial charge in [0.25, 0.3) is 0 Å². The monoisotopic (exact) mass is 331 g/mol. The van der Waals surface area contributed by atoms with Crippen molar-refractivity contribution in [2.24, 2.45) is 0 Å². The highest BCUT2D eigenvalue weighted by molar-refractivity contribution is 9.10. The van der Waals surface area contributed by atoms with E-state index in [9.17, 15) is 0 Å². The zero-order valence-corrected chi connectivity index (χ0v) is 13.4. The first-order chi connectivity index (χ1) is 9.69. The molecule has 1 N–H and O–H groups in total. The Morgan fingerprint density at radius 3 is 2.95 bits per heavy atom. The van der Waals surface area contributed by atoms with Crippen LogP contribution in [0.3, 0.4) is 0 Å². The first-order valence-corrected chi connectivity index (χ1v) is 7.78. The molecule has 20 heavy (non-hydrogen) atoms. The topological polar surface area (TPSA) is 37.8 Å². The van der Waals surface area contributed by atoms with Crippen molar-refractivity contribution in [2.75, 3.05) is 7.05 Å². The number of hydrogen-bond acceptors (Lipinski definition) is 3. The molecule has 0 spiro atoms. The lowest BCUT2D eigenvalue weighted by Crippen LogP contribution is -2.22. The van der Waals surface area contributed by atoms with Gasteiger partial charge in [-0.1, -0.05) is 22.0 Å². The molecule has 0 aliphatic heterocycles. The molecule has 1 aromatic heterocycles. The summed E-state index contributed by atoms with van der Waals surface area (Å²) in [5.41, 5.74) is 4.73. The summed E-state index contributed by atoms with van der Waals surface area (Å²) in [4.78, 5) is 9.36. The summed E-state index contributed by atoms with van der Waals surface area (Å²) >= 11 is 3.61. The molecule has 0 saturated heterocycles. The van der Waals surface area contributed by atoms with Crippen molar-refractivity contribution in [3.63, 3.8) is 0 Å². The largest absolute Gasteiger partial charge is 0.313 e. The molecular formula is C16H18BrN3. The molecule has 104 valence electrons. The molecule has 1 atom stereocenters. The second-order valence-electron chi connectivity index (χ2n) is 5.31. The quantitative estimate of drug-likeness (QED) is 0.909. The Bertz CT molecular complexity index is 640. The minimum absolute atomic E-state index is 0.397. The van der Waals surface area contributed by atoms with Crippen LogP contribution < -0.4 is 5.32 Å². The van der Waals surface area contributed by atoms with E-state index in [0.29, 0.717) is 6.04 Å². The van der Waals surface area contributed by atoms with E-state index in [1.54, 1.807) is 0 Å². The van der Waals surface area contributed by atoms with E-state index < -0.39 is 0 Å². The highest BCUT2D eigenvalue weighted by Gasteiger charge is 2.21. The number of nitrogens with one attached hydrogen (secondary N) is 1. The summed E-state index contributed by atoms with van der Waals surface area (Å²) in [5, 5.41) is 3.35. The summed E-state index contributed by atoms with van der Waals surface area (Å²) in [6, 6.07) is 6.68. The number of aromatic nitrogens is 2. The third kappa shape index (κ3) is 2.50. The van der Waals surface area contributed by atoms with Crippen molar-refractivity contribution >= 4 is 15.9 Å². The highest BCUT2D eigenvalue weighted by atomic mass is 79.9. The summed E-state index contributed by atoms with van der Waals surface area (Å²) in [6.45, 7) is 2.08. The van der Waals surface area contributed by atoms with Crippen LogP contribution >= 0.6 is 15.9 Å². The number of halogens is 1. The van der Waals surface area contributed by atoms with Crippen LogP contribution in [0.15, 0.2) is 28.9 Å². The summed E-state index contributed by atoms with van der Waals surface area (Å²) < 4.78 is 1.05. The van der Waals surface area contributed by atoms with Crippen LogP contribution in [0.2, 0.25) is 0 Å². The van der Waals surface area contributed by atoms with Crippen molar-refractivity contribution < 1.29 is 0 Å². The summed E-state index contributed by atoms with van der Waals surface area (Å²) in [6.07, 6.45) is 5.39. The van der Waals surface area contributed by atoms with Crippen molar-refractivity contribution in [1.29, 1.82) is 0 Å². The average Bonchev–Trinajstić information content (AvgIpc) is 2.46. The van der Waals surface area contributed by atoms with Gasteiger partial charge in [0.1, 0.15) is 0 Å². The molecule has 1 aliphatic carbocycles. The van der Waals surface area contributed by atoms with Gasteiger partial charge >= 0.3 is 0 Å². The molecule has 1 unspecified atom stereocenters. The van der Waals surface area contributed by atoms with E-state index in [1.165, 1.54) is 29.7 Å². The fourth-order valence-electron chi connectivity index (χ4n) is 2.78. The standard InChI is InChI=1S/C16H18BrN3/c1-10-6-7-11(13(17)8-10)16-19-9-12-14(18-2)4-3-5-15(12)20-16/h6-9,14,18H,3-5H2,1-2H3. The van der Waals surface area contributed by atoms with Crippen LogP contribution in [0, 0.1) is 6.92 Å². The number of fused-ring (bicyclic) bond motifs is 1. The first-order valence-electron chi connectivity index (χ1n) is 6.98. The van der Waals surface area contributed by atoms with E-state index in [1.807, 2.05) is 13.2 Å². The molecule has 0 fully saturated rings. The van der Waals surface area contributed by atoms with Crippen LogP contribution in [0.1, 0.15) is 35.7 Å². The maximum absolute atomic E-state index is 4.79. The minimum atomic E-state index is 0.397. The van der Waals surface area contributed by atoms with Crippen LogP contribution in [-0.4, -0.2) is 17.0 Å². The van der Waals surface area contributed by atoms with Gasteiger partial charge in [-0.15, -0.1) is 0 Å². The van der Waals surface area contributed by atoms with Gasteiger partial charge in [0, 0.05) is 33.5 Å². The lowest BCUT2D eigenvalue weighted by molar-refractivity contribution is 0.488. The van der Waals surface area contributed by atoms with E-state index in [4.69, 9.17) is 4.98 Å². The fraction of sp³-hybridized carbons (Fsp3) is 0.375. The molecule has 1 aliphatic rings. The van der Waals surface area contributed by atoms with Gasteiger partial charge in [-0.25, -0.2) is 9.97 Å². The molecular weight excluding hydrogens is 314 g/mol. The number of hydrogen-bond donors (Lipinski definition) is 1. The Hall–Kier alpha value is -1.26. The van der Waals surface area contributed by atoms with Gasteiger partial charge in [0.2, 0.25) is 0 Å². The minimum Gasteiger partial charge on any atom is -0.313 e. The van der Waals surface area contributed by atoms with E-state index >= 15 is 0 Å². The summed E-state index contributed by atoms with van der Waals surface area (Å²) in [5.74, 6) is 0.812. The van der Waals surface area contributed by atoms with Gasteiger partial charge in [0.05, 0.1) is 0 Å². The molecule has 0 bridgehead atoms. The molecule has 0 radical (unpaired) electrons. The molecule has 0 amide bonds. The SMILES string of the molecule is CNC1CCCc2nc(-c3ccc(C)cc3Br)ncc21.